The summed E-state index contributed by atoms with van der Waals surface area (Å²) in [6, 6.07) is 10.2. The molecule has 0 aliphatic rings. The van der Waals surface area contributed by atoms with E-state index in [4.69, 9.17) is 0 Å². The van der Waals surface area contributed by atoms with Crippen LogP contribution in [0.4, 0.5) is 5.69 Å². The minimum atomic E-state index is -0.471. The van der Waals surface area contributed by atoms with Gasteiger partial charge in [0, 0.05) is 10.9 Å². The number of para-hydroxylation sites is 1. The predicted molar refractivity (Wildman–Crippen MR) is 102 cm³/mol. The van der Waals surface area contributed by atoms with Crippen LogP contribution < -0.4 is 10.1 Å². The number of aromatic nitrogens is 3. The highest BCUT2D eigenvalue weighted by molar-refractivity contribution is 7.15. The molecule has 3 heterocycles. The third kappa shape index (κ3) is 3.05. The average Bonchev–Trinajstić information content (AvgIpc) is 3.33. The Morgan fingerprint density at radius 1 is 1.15 bits per heavy atom. The van der Waals surface area contributed by atoms with Crippen LogP contribution in [-0.4, -0.2) is 19.5 Å². The first-order valence-electron chi connectivity index (χ1n) is 7.48. The fraction of sp³-hybridized carbons (Fsp3) is 0. The summed E-state index contributed by atoms with van der Waals surface area (Å²) in [6.45, 7) is 0. The zero-order chi connectivity index (χ0) is 18.1. The van der Waals surface area contributed by atoms with Crippen molar-refractivity contribution in [3.8, 4) is 0 Å². The second-order valence-electron chi connectivity index (χ2n) is 5.24. The molecular weight excluding hydrogens is 372 g/mol. The highest BCUT2D eigenvalue weighted by Gasteiger charge is 2.13. The monoisotopic (exact) mass is 382 g/mol. The van der Waals surface area contributed by atoms with Gasteiger partial charge in [0.15, 0.2) is 5.82 Å². The summed E-state index contributed by atoms with van der Waals surface area (Å²) < 4.78 is 1.57. The number of rotatable bonds is 4. The minimum Gasteiger partial charge on any atom is -0.266 e. The molecule has 4 rings (SSSR count). The number of nitro benzene ring substituents is 1. The molecule has 7 nitrogen and oxygen atoms in total. The quantitative estimate of drug-likeness (QED) is 0.400. The Bertz CT molecular complexity index is 1240. The van der Waals surface area contributed by atoms with Gasteiger partial charge in [-0.3, -0.25) is 14.9 Å². The van der Waals surface area contributed by atoms with Gasteiger partial charge in [-0.15, -0.1) is 16.4 Å². The minimum absolute atomic E-state index is 0.0505. The summed E-state index contributed by atoms with van der Waals surface area (Å²) in [5.74, 6) is 0.444. The second-order valence-corrected chi connectivity index (χ2v) is 7.23. The van der Waals surface area contributed by atoms with Crippen molar-refractivity contribution in [3.63, 3.8) is 0 Å². The smallest absolute Gasteiger partial charge is 0.266 e. The molecule has 4 aromatic rings. The van der Waals surface area contributed by atoms with Gasteiger partial charge in [0.25, 0.3) is 11.2 Å². The maximum absolute atomic E-state index is 12.5. The summed E-state index contributed by atoms with van der Waals surface area (Å²) >= 11 is 2.74. The fourth-order valence-electron chi connectivity index (χ4n) is 2.38. The van der Waals surface area contributed by atoms with Gasteiger partial charge in [0.1, 0.15) is 0 Å². The van der Waals surface area contributed by atoms with E-state index in [0.29, 0.717) is 20.9 Å². The number of benzene rings is 1. The van der Waals surface area contributed by atoms with E-state index in [1.165, 1.54) is 16.7 Å². The lowest BCUT2D eigenvalue weighted by molar-refractivity contribution is -0.385. The molecule has 0 radical (unpaired) electrons. The zero-order valence-electron chi connectivity index (χ0n) is 13.1. The van der Waals surface area contributed by atoms with Crippen LogP contribution in [0.5, 0.6) is 0 Å². The molecule has 0 fully saturated rings. The first-order chi connectivity index (χ1) is 12.6. The lowest BCUT2D eigenvalue weighted by atomic mass is 10.2. The van der Waals surface area contributed by atoms with Crippen LogP contribution in [0.15, 0.2) is 46.6 Å². The van der Waals surface area contributed by atoms with Crippen molar-refractivity contribution in [2.24, 2.45) is 0 Å². The molecule has 0 amide bonds. The molecule has 0 bridgehead atoms. The maximum atomic E-state index is 12.5. The molecule has 128 valence electrons. The van der Waals surface area contributed by atoms with E-state index < -0.39 is 4.92 Å². The van der Waals surface area contributed by atoms with E-state index in [1.54, 1.807) is 35.6 Å². The van der Waals surface area contributed by atoms with Gasteiger partial charge in [-0.2, -0.15) is 9.50 Å². The number of nitrogens with zero attached hydrogens (tertiary/aromatic N) is 4. The standard InChI is InChI=1S/C17H10N4O3S2/c22-16-14(10-11-4-1-2-6-13(11)21(23)24)26-17-18-15(19-20(16)17)8-7-12-5-3-9-25-12/h1-10H. The van der Waals surface area contributed by atoms with Gasteiger partial charge < -0.3 is 0 Å². The van der Waals surface area contributed by atoms with Gasteiger partial charge in [-0.25, -0.2) is 0 Å². The molecule has 0 aliphatic heterocycles. The molecule has 26 heavy (non-hydrogen) atoms. The van der Waals surface area contributed by atoms with Gasteiger partial charge in [-0.1, -0.05) is 29.5 Å². The van der Waals surface area contributed by atoms with Gasteiger partial charge >= 0.3 is 0 Å². The first kappa shape index (κ1) is 16.3. The normalized spacial score (nSPS) is 12.4. The maximum Gasteiger partial charge on any atom is 0.291 e. The number of hydrogen-bond acceptors (Lipinski definition) is 7. The Morgan fingerprint density at radius 2 is 2.00 bits per heavy atom. The van der Waals surface area contributed by atoms with Crippen molar-refractivity contribution in [1.82, 2.24) is 14.6 Å². The topological polar surface area (TPSA) is 90.4 Å². The van der Waals surface area contributed by atoms with E-state index in [1.807, 2.05) is 23.6 Å². The number of hydrogen-bond donors (Lipinski definition) is 0. The van der Waals surface area contributed by atoms with E-state index in [9.17, 15) is 14.9 Å². The third-order valence-corrected chi connectivity index (χ3v) is 5.35. The average molecular weight is 382 g/mol. The summed E-state index contributed by atoms with van der Waals surface area (Å²) in [7, 11) is 0. The zero-order valence-corrected chi connectivity index (χ0v) is 14.7. The van der Waals surface area contributed by atoms with Crippen molar-refractivity contribution >= 4 is 51.5 Å². The molecule has 3 aromatic heterocycles. The molecule has 0 atom stereocenters. The van der Waals surface area contributed by atoms with E-state index in [-0.39, 0.29) is 11.2 Å². The van der Waals surface area contributed by atoms with Crippen LogP contribution in [-0.2, 0) is 0 Å². The van der Waals surface area contributed by atoms with Gasteiger partial charge in [0.05, 0.1) is 15.0 Å². The molecule has 0 aliphatic carbocycles. The van der Waals surface area contributed by atoms with Crippen LogP contribution in [0, 0.1) is 10.1 Å². The number of fused-ring (bicyclic) bond motifs is 1. The Balaban J connectivity index is 1.75. The third-order valence-electron chi connectivity index (χ3n) is 3.56. The lowest BCUT2D eigenvalue weighted by Gasteiger charge is -1.94. The summed E-state index contributed by atoms with van der Waals surface area (Å²) in [5.41, 5.74) is -0.0196. The van der Waals surface area contributed by atoms with Crippen LogP contribution >= 0.6 is 22.7 Å². The SMILES string of the molecule is O=c1c(=Cc2ccccc2[N+](=O)[O-])sc2nc(C=Cc3cccs3)nn12. The molecular formula is C17H10N4O3S2. The molecule has 0 saturated carbocycles. The first-order valence-corrected chi connectivity index (χ1v) is 9.18. The van der Waals surface area contributed by atoms with Crippen molar-refractivity contribution in [2.45, 2.75) is 0 Å². The Hall–Kier alpha value is -3.17. The second kappa shape index (κ2) is 6.62. The molecule has 0 saturated heterocycles. The fourth-order valence-corrected chi connectivity index (χ4v) is 3.90. The predicted octanol–water partition coefficient (Wildman–Crippen LogP) is 2.84. The summed E-state index contributed by atoms with van der Waals surface area (Å²) in [6.07, 6.45) is 5.13. The van der Waals surface area contributed by atoms with Gasteiger partial charge in [-0.05, 0) is 35.7 Å². The Labute approximate surface area is 154 Å². The highest BCUT2D eigenvalue weighted by atomic mass is 32.1. The van der Waals surface area contributed by atoms with Crippen molar-refractivity contribution in [2.75, 3.05) is 0 Å². The molecule has 9 heteroatoms. The van der Waals surface area contributed by atoms with Crippen molar-refractivity contribution < 1.29 is 4.92 Å². The van der Waals surface area contributed by atoms with Gasteiger partial charge in [0.2, 0.25) is 4.96 Å². The van der Waals surface area contributed by atoms with E-state index in [2.05, 4.69) is 10.1 Å². The van der Waals surface area contributed by atoms with Crippen molar-refractivity contribution in [1.29, 1.82) is 0 Å². The number of thiazole rings is 1. The van der Waals surface area contributed by atoms with E-state index >= 15 is 0 Å². The molecule has 0 spiro atoms. The number of thiophene rings is 1. The van der Waals surface area contributed by atoms with Crippen LogP contribution in [0.2, 0.25) is 0 Å². The molecule has 0 unspecified atom stereocenters. The Kier molecular flexibility index (Phi) is 4.15. The molecule has 1 aromatic carbocycles. The largest absolute Gasteiger partial charge is 0.291 e. The van der Waals surface area contributed by atoms with Crippen molar-refractivity contribution in [3.05, 3.63) is 83.0 Å². The van der Waals surface area contributed by atoms with Crippen LogP contribution in [0.3, 0.4) is 0 Å². The number of nitro groups is 1. The van der Waals surface area contributed by atoms with Crippen LogP contribution in [0.25, 0.3) is 23.2 Å². The summed E-state index contributed by atoms with van der Waals surface area (Å²) in [5, 5.41) is 17.3. The summed E-state index contributed by atoms with van der Waals surface area (Å²) in [4.78, 5) is 29.0. The lowest BCUT2D eigenvalue weighted by Crippen LogP contribution is -2.23. The van der Waals surface area contributed by atoms with E-state index in [0.717, 1.165) is 16.2 Å². The molecule has 0 N–H and O–H groups in total. The van der Waals surface area contributed by atoms with Crippen LogP contribution in [0.1, 0.15) is 16.3 Å². The highest BCUT2D eigenvalue weighted by Crippen LogP contribution is 2.18. The Morgan fingerprint density at radius 3 is 2.73 bits per heavy atom.